The second kappa shape index (κ2) is 11.3. The first-order chi connectivity index (χ1) is 20.1. The Balaban J connectivity index is 1.15. The Morgan fingerprint density at radius 3 is 1.95 bits per heavy atom. The number of nitrogens with one attached hydrogen (secondary N) is 1. The molecule has 0 spiro atoms. The molecule has 3 aromatic carbocycles. The maximum absolute atomic E-state index is 14.1. The van der Waals surface area contributed by atoms with Crippen LogP contribution in [0.25, 0.3) is 0 Å². The van der Waals surface area contributed by atoms with Crippen LogP contribution >= 0.6 is 0 Å². The first-order valence-electron chi connectivity index (χ1n) is 13.8. The standard InChI is InChI=1S/C31H28F4N4O3/c32-22-10-19(11-23(33)14-22)29(20-12-24(34)15-25(35)13-20)38-7-5-37(6-8-38)16-18-1-2-26-21(9-18)17-39(31(26)42)27-3-4-28(40)36-30(27)41/h1-2,9-15,27,29H,3-8,16-17H2,(H,36,40,41). The van der Waals surface area contributed by atoms with Crippen LogP contribution < -0.4 is 5.32 Å². The van der Waals surface area contributed by atoms with Gasteiger partial charge in [0, 0.05) is 63.4 Å². The van der Waals surface area contributed by atoms with Gasteiger partial charge >= 0.3 is 0 Å². The number of imide groups is 1. The molecule has 218 valence electrons. The lowest BCUT2D eigenvalue weighted by Gasteiger charge is -2.40. The Bertz CT molecular complexity index is 1480. The van der Waals surface area contributed by atoms with Crippen LogP contribution in [0.4, 0.5) is 17.6 Å². The lowest BCUT2D eigenvalue weighted by atomic mass is 9.95. The molecule has 42 heavy (non-hydrogen) atoms. The summed E-state index contributed by atoms with van der Waals surface area (Å²) in [6.07, 6.45) is 0.490. The molecular formula is C31H28F4N4O3. The van der Waals surface area contributed by atoms with E-state index in [2.05, 4.69) is 10.2 Å². The number of piperidine rings is 1. The van der Waals surface area contributed by atoms with E-state index in [1.807, 2.05) is 17.0 Å². The second-order valence-electron chi connectivity index (χ2n) is 11.0. The van der Waals surface area contributed by atoms with E-state index in [1.165, 1.54) is 29.2 Å². The van der Waals surface area contributed by atoms with Crippen molar-refractivity contribution in [2.75, 3.05) is 26.2 Å². The fourth-order valence-electron chi connectivity index (χ4n) is 6.24. The number of carbonyl (C=O) groups is 3. The van der Waals surface area contributed by atoms with Crippen molar-refractivity contribution >= 4 is 17.7 Å². The number of nitrogens with zero attached hydrogens (tertiary/aromatic N) is 3. The summed E-state index contributed by atoms with van der Waals surface area (Å²) in [5.41, 5.74) is 2.89. The zero-order valence-electron chi connectivity index (χ0n) is 22.6. The molecule has 3 aromatic rings. The first-order valence-corrected chi connectivity index (χ1v) is 13.8. The van der Waals surface area contributed by atoms with Crippen molar-refractivity contribution in [3.63, 3.8) is 0 Å². The zero-order valence-corrected chi connectivity index (χ0v) is 22.6. The Labute approximate surface area is 239 Å². The molecule has 3 amide bonds. The predicted octanol–water partition coefficient (Wildman–Crippen LogP) is 3.91. The summed E-state index contributed by atoms with van der Waals surface area (Å²) in [6, 6.07) is 10.5. The third-order valence-corrected chi connectivity index (χ3v) is 8.17. The van der Waals surface area contributed by atoms with E-state index in [0.29, 0.717) is 44.7 Å². The minimum absolute atomic E-state index is 0.191. The second-order valence-corrected chi connectivity index (χ2v) is 11.0. The van der Waals surface area contributed by atoms with Crippen LogP contribution in [-0.4, -0.2) is 64.6 Å². The number of piperazine rings is 1. The maximum Gasteiger partial charge on any atom is 0.255 e. The molecule has 2 saturated heterocycles. The van der Waals surface area contributed by atoms with Crippen molar-refractivity contribution in [3.8, 4) is 0 Å². The predicted molar refractivity (Wildman–Crippen MR) is 144 cm³/mol. The minimum Gasteiger partial charge on any atom is -0.322 e. The van der Waals surface area contributed by atoms with E-state index in [0.717, 1.165) is 23.3 Å². The Morgan fingerprint density at radius 1 is 0.786 bits per heavy atom. The largest absolute Gasteiger partial charge is 0.322 e. The Morgan fingerprint density at radius 2 is 1.38 bits per heavy atom. The van der Waals surface area contributed by atoms with E-state index < -0.39 is 41.3 Å². The van der Waals surface area contributed by atoms with Gasteiger partial charge in [-0.15, -0.1) is 0 Å². The van der Waals surface area contributed by atoms with E-state index in [9.17, 15) is 31.9 Å². The third-order valence-electron chi connectivity index (χ3n) is 8.17. The zero-order chi connectivity index (χ0) is 29.5. The number of hydrogen-bond acceptors (Lipinski definition) is 5. The Hall–Kier alpha value is -4.09. The van der Waals surface area contributed by atoms with Crippen LogP contribution in [0.2, 0.25) is 0 Å². The molecule has 7 nitrogen and oxygen atoms in total. The molecule has 6 rings (SSSR count). The molecule has 0 bridgehead atoms. The van der Waals surface area contributed by atoms with Crippen LogP contribution in [0.3, 0.4) is 0 Å². The van der Waals surface area contributed by atoms with E-state index in [1.54, 1.807) is 6.07 Å². The number of carbonyl (C=O) groups excluding carboxylic acids is 3. The van der Waals surface area contributed by atoms with Crippen LogP contribution in [-0.2, 0) is 22.7 Å². The summed E-state index contributed by atoms with van der Waals surface area (Å²) in [5.74, 6) is -4.08. The summed E-state index contributed by atoms with van der Waals surface area (Å²) in [4.78, 5) is 42.5. The van der Waals surface area contributed by atoms with Crippen molar-refractivity contribution in [2.45, 2.75) is 38.0 Å². The molecule has 1 N–H and O–H groups in total. The SMILES string of the molecule is O=C1CCC(N2Cc3cc(CN4CCN(C(c5cc(F)cc(F)c5)c5cc(F)cc(F)c5)CC4)ccc3C2=O)C(=O)N1. The molecule has 3 aliphatic heterocycles. The van der Waals surface area contributed by atoms with Gasteiger partial charge in [0.05, 0.1) is 6.04 Å². The van der Waals surface area contributed by atoms with Crippen molar-refractivity contribution in [3.05, 3.63) is 106 Å². The molecule has 0 aliphatic carbocycles. The van der Waals surface area contributed by atoms with Gasteiger partial charge < -0.3 is 4.90 Å². The highest BCUT2D eigenvalue weighted by Crippen LogP contribution is 2.33. The molecule has 2 fully saturated rings. The van der Waals surface area contributed by atoms with Crippen molar-refractivity contribution in [1.82, 2.24) is 20.0 Å². The summed E-state index contributed by atoms with van der Waals surface area (Å²) < 4.78 is 56.6. The van der Waals surface area contributed by atoms with E-state index in [4.69, 9.17) is 0 Å². The van der Waals surface area contributed by atoms with Gasteiger partial charge in [0.1, 0.15) is 29.3 Å². The van der Waals surface area contributed by atoms with Crippen LogP contribution in [0.15, 0.2) is 54.6 Å². The molecule has 3 heterocycles. The highest BCUT2D eigenvalue weighted by molar-refractivity contribution is 6.05. The quantitative estimate of drug-likeness (QED) is 0.354. The van der Waals surface area contributed by atoms with Gasteiger partial charge in [-0.3, -0.25) is 29.5 Å². The fourth-order valence-corrected chi connectivity index (χ4v) is 6.24. The van der Waals surface area contributed by atoms with Crippen molar-refractivity contribution in [2.24, 2.45) is 0 Å². The smallest absolute Gasteiger partial charge is 0.255 e. The van der Waals surface area contributed by atoms with Crippen molar-refractivity contribution < 1.29 is 31.9 Å². The molecule has 0 aromatic heterocycles. The topological polar surface area (TPSA) is 73.0 Å². The molecule has 11 heteroatoms. The maximum atomic E-state index is 14.1. The van der Waals surface area contributed by atoms with Crippen LogP contribution in [0.1, 0.15) is 51.5 Å². The van der Waals surface area contributed by atoms with Gasteiger partial charge in [-0.1, -0.05) is 12.1 Å². The lowest BCUT2D eigenvalue weighted by Crippen LogP contribution is -2.52. The van der Waals surface area contributed by atoms with Gasteiger partial charge in [-0.2, -0.15) is 0 Å². The van der Waals surface area contributed by atoms with Gasteiger partial charge in [-0.05, 0) is 59.0 Å². The third kappa shape index (κ3) is 5.66. The number of hydrogen-bond donors (Lipinski definition) is 1. The molecular weight excluding hydrogens is 552 g/mol. The number of halogens is 4. The number of amides is 3. The molecule has 1 atom stereocenters. The highest BCUT2D eigenvalue weighted by Gasteiger charge is 2.39. The first kappa shape index (κ1) is 28.0. The fraction of sp³-hybridized carbons (Fsp3) is 0.323. The Kier molecular flexibility index (Phi) is 7.54. The summed E-state index contributed by atoms with van der Waals surface area (Å²) in [7, 11) is 0. The highest BCUT2D eigenvalue weighted by atomic mass is 19.1. The molecule has 1 unspecified atom stereocenters. The van der Waals surface area contributed by atoms with E-state index >= 15 is 0 Å². The van der Waals surface area contributed by atoms with Gasteiger partial charge in [-0.25, -0.2) is 17.6 Å². The summed E-state index contributed by atoms with van der Waals surface area (Å²) in [6.45, 7) is 3.01. The molecule has 0 saturated carbocycles. The van der Waals surface area contributed by atoms with Crippen LogP contribution in [0.5, 0.6) is 0 Å². The minimum atomic E-state index is -0.767. The lowest BCUT2D eigenvalue weighted by molar-refractivity contribution is -0.136. The number of rotatable bonds is 6. The average Bonchev–Trinajstić information content (AvgIpc) is 3.24. The number of benzene rings is 3. The monoisotopic (exact) mass is 580 g/mol. The van der Waals surface area contributed by atoms with Crippen LogP contribution in [0, 0.1) is 23.3 Å². The summed E-state index contributed by atoms with van der Waals surface area (Å²) in [5, 5.41) is 2.31. The van der Waals surface area contributed by atoms with Gasteiger partial charge in [0.2, 0.25) is 11.8 Å². The summed E-state index contributed by atoms with van der Waals surface area (Å²) >= 11 is 0. The van der Waals surface area contributed by atoms with Crippen molar-refractivity contribution in [1.29, 1.82) is 0 Å². The van der Waals surface area contributed by atoms with Gasteiger partial charge in [0.25, 0.3) is 5.91 Å². The molecule has 0 radical (unpaired) electrons. The molecule has 3 aliphatic rings. The number of fused-ring (bicyclic) bond motifs is 1. The normalized spacial score (nSPS) is 19.9. The average molecular weight is 581 g/mol. The van der Waals surface area contributed by atoms with Gasteiger partial charge in [0.15, 0.2) is 0 Å². The van der Waals surface area contributed by atoms with E-state index in [-0.39, 0.29) is 35.9 Å².